The van der Waals surface area contributed by atoms with Crippen molar-refractivity contribution < 1.29 is 4.74 Å². The standard InChI is InChI=1S/C15H11Cl2NO/c1-18-8-7-11-13(18)3-2-4-14(11)19-15-6-5-10(16)9-12(15)17/h2-9H,1H3. The van der Waals surface area contributed by atoms with Crippen molar-refractivity contribution in [3.63, 3.8) is 0 Å². The fourth-order valence-corrected chi connectivity index (χ4v) is 2.49. The topological polar surface area (TPSA) is 14.2 Å². The van der Waals surface area contributed by atoms with Gasteiger partial charge < -0.3 is 9.30 Å². The van der Waals surface area contributed by atoms with Gasteiger partial charge in [-0.05, 0) is 36.4 Å². The Bertz CT molecular complexity index is 749. The summed E-state index contributed by atoms with van der Waals surface area (Å²) in [6.45, 7) is 0. The zero-order chi connectivity index (χ0) is 13.4. The second-order valence-electron chi connectivity index (χ2n) is 4.29. The van der Waals surface area contributed by atoms with Crippen LogP contribution in [-0.4, -0.2) is 4.57 Å². The van der Waals surface area contributed by atoms with E-state index < -0.39 is 0 Å². The molecule has 3 rings (SSSR count). The molecule has 4 heteroatoms. The van der Waals surface area contributed by atoms with E-state index in [1.54, 1.807) is 18.2 Å². The number of halogens is 2. The van der Waals surface area contributed by atoms with Crippen LogP contribution in [0.1, 0.15) is 0 Å². The van der Waals surface area contributed by atoms with Crippen LogP contribution in [0.3, 0.4) is 0 Å². The van der Waals surface area contributed by atoms with E-state index in [2.05, 4.69) is 0 Å². The first-order valence-corrected chi connectivity index (χ1v) is 6.58. The zero-order valence-corrected chi connectivity index (χ0v) is 11.7. The van der Waals surface area contributed by atoms with Crippen molar-refractivity contribution in [2.45, 2.75) is 0 Å². The minimum atomic E-state index is 0.500. The van der Waals surface area contributed by atoms with Crippen LogP contribution in [0, 0.1) is 0 Å². The Morgan fingerprint density at radius 1 is 1.00 bits per heavy atom. The number of nitrogens with zero attached hydrogens (tertiary/aromatic N) is 1. The molecule has 1 heterocycles. The van der Waals surface area contributed by atoms with Gasteiger partial charge in [-0.15, -0.1) is 0 Å². The largest absolute Gasteiger partial charge is 0.455 e. The molecule has 0 spiro atoms. The zero-order valence-electron chi connectivity index (χ0n) is 10.2. The molecular weight excluding hydrogens is 281 g/mol. The van der Waals surface area contributed by atoms with E-state index in [1.165, 1.54) is 0 Å². The molecule has 0 saturated heterocycles. The Labute approximate surface area is 121 Å². The first kappa shape index (κ1) is 12.4. The second-order valence-corrected chi connectivity index (χ2v) is 5.14. The SMILES string of the molecule is Cn1ccc2c(Oc3ccc(Cl)cc3Cl)cccc21. The average molecular weight is 292 g/mol. The lowest BCUT2D eigenvalue weighted by molar-refractivity contribution is 0.488. The summed E-state index contributed by atoms with van der Waals surface area (Å²) in [4.78, 5) is 0. The average Bonchev–Trinajstić information content (AvgIpc) is 2.76. The van der Waals surface area contributed by atoms with Crippen LogP contribution in [0.4, 0.5) is 0 Å². The van der Waals surface area contributed by atoms with Gasteiger partial charge in [-0.2, -0.15) is 0 Å². The molecule has 0 N–H and O–H groups in total. The molecular formula is C15H11Cl2NO. The van der Waals surface area contributed by atoms with Crippen molar-refractivity contribution >= 4 is 34.1 Å². The molecule has 0 radical (unpaired) electrons. The molecule has 0 saturated carbocycles. The van der Waals surface area contributed by atoms with Crippen molar-refractivity contribution in [1.29, 1.82) is 0 Å². The summed E-state index contributed by atoms with van der Waals surface area (Å²) in [5.41, 5.74) is 1.11. The second kappa shape index (κ2) is 4.80. The van der Waals surface area contributed by atoms with Crippen LogP contribution in [-0.2, 0) is 7.05 Å². The smallest absolute Gasteiger partial charge is 0.146 e. The molecule has 0 aliphatic heterocycles. The van der Waals surface area contributed by atoms with Crippen LogP contribution in [0.25, 0.3) is 10.9 Å². The predicted octanol–water partition coefficient (Wildman–Crippen LogP) is 5.28. The number of ether oxygens (including phenoxy) is 1. The molecule has 0 unspecified atom stereocenters. The number of fused-ring (bicyclic) bond motifs is 1. The number of aromatic nitrogens is 1. The first-order valence-electron chi connectivity index (χ1n) is 5.82. The summed E-state index contributed by atoms with van der Waals surface area (Å²) < 4.78 is 7.93. The maximum absolute atomic E-state index is 6.12. The van der Waals surface area contributed by atoms with Crippen LogP contribution in [0.15, 0.2) is 48.7 Å². The van der Waals surface area contributed by atoms with Gasteiger partial charge in [-0.25, -0.2) is 0 Å². The molecule has 0 fully saturated rings. The normalized spacial score (nSPS) is 10.9. The van der Waals surface area contributed by atoms with Crippen molar-refractivity contribution in [3.05, 3.63) is 58.7 Å². The van der Waals surface area contributed by atoms with Gasteiger partial charge >= 0.3 is 0 Å². The Balaban J connectivity index is 2.06. The van der Waals surface area contributed by atoms with E-state index in [9.17, 15) is 0 Å². The Kier molecular flexibility index (Phi) is 3.13. The highest BCUT2D eigenvalue weighted by Gasteiger charge is 2.08. The maximum Gasteiger partial charge on any atom is 0.146 e. The third-order valence-electron chi connectivity index (χ3n) is 3.00. The molecule has 0 aliphatic rings. The molecule has 0 atom stereocenters. The van der Waals surface area contributed by atoms with Gasteiger partial charge in [-0.3, -0.25) is 0 Å². The van der Waals surface area contributed by atoms with Gasteiger partial charge in [0.15, 0.2) is 0 Å². The van der Waals surface area contributed by atoms with E-state index in [4.69, 9.17) is 27.9 Å². The molecule has 96 valence electrons. The summed E-state index contributed by atoms with van der Waals surface area (Å²) in [6, 6.07) is 13.2. The van der Waals surface area contributed by atoms with Crippen LogP contribution >= 0.6 is 23.2 Å². The van der Waals surface area contributed by atoms with Gasteiger partial charge in [0.25, 0.3) is 0 Å². The van der Waals surface area contributed by atoms with Crippen molar-refractivity contribution in [1.82, 2.24) is 4.57 Å². The highest BCUT2D eigenvalue weighted by Crippen LogP contribution is 2.35. The predicted molar refractivity (Wildman–Crippen MR) is 79.5 cm³/mol. The number of hydrogen-bond donors (Lipinski definition) is 0. The van der Waals surface area contributed by atoms with Crippen LogP contribution in [0.5, 0.6) is 11.5 Å². The summed E-state index contributed by atoms with van der Waals surface area (Å²) in [5, 5.41) is 2.15. The van der Waals surface area contributed by atoms with Crippen molar-refractivity contribution in [2.75, 3.05) is 0 Å². The van der Waals surface area contributed by atoms with E-state index in [0.29, 0.717) is 15.8 Å². The van der Waals surface area contributed by atoms with Crippen molar-refractivity contribution in [2.24, 2.45) is 7.05 Å². The van der Waals surface area contributed by atoms with E-state index in [-0.39, 0.29) is 0 Å². The minimum Gasteiger partial charge on any atom is -0.455 e. The molecule has 3 aromatic rings. The van der Waals surface area contributed by atoms with Gasteiger partial charge in [0.2, 0.25) is 0 Å². The molecule has 2 aromatic carbocycles. The fourth-order valence-electron chi connectivity index (χ4n) is 2.04. The molecule has 2 nitrogen and oxygen atoms in total. The highest BCUT2D eigenvalue weighted by molar-refractivity contribution is 6.35. The highest BCUT2D eigenvalue weighted by atomic mass is 35.5. The lowest BCUT2D eigenvalue weighted by Crippen LogP contribution is -1.87. The fraction of sp³-hybridized carbons (Fsp3) is 0.0667. The third kappa shape index (κ3) is 2.29. The molecule has 19 heavy (non-hydrogen) atoms. The van der Waals surface area contributed by atoms with Crippen LogP contribution in [0.2, 0.25) is 10.0 Å². The molecule has 0 amide bonds. The summed E-state index contributed by atoms with van der Waals surface area (Å²) >= 11 is 12.0. The first-order chi connectivity index (χ1) is 9.15. The summed E-state index contributed by atoms with van der Waals surface area (Å²) in [7, 11) is 2.00. The number of hydrogen-bond acceptors (Lipinski definition) is 1. The molecule has 0 aliphatic carbocycles. The Morgan fingerprint density at radius 2 is 1.84 bits per heavy atom. The Morgan fingerprint density at radius 3 is 2.63 bits per heavy atom. The summed E-state index contributed by atoms with van der Waals surface area (Å²) in [5.74, 6) is 1.38. The van der Waals surface area contributed by atoms with Crippen LogP contribution < -0.4 is 4.74 Å². The van der Waals surface area contributed by atoms with E-state index >= 15 is 0 Å². The minimum absolute atomic E-state index is 0.500. The summed E-state index contributed by atoms with van der Waals surface area (Å²) in [6.07, 6.45) is 2.00. The van der Waals surface area contributed by atoms with Gasteiger partial charge in [0.05, 0.1) is 10.5 Å². The molecule has 1 aromatic heterocycles. The van der Waals surface area contributed by atoms with E-state index in [0.717, 1.165) is 16.7 Å². The lowest BCUT2D eigenvalue weighted by atomic mass is 10.2. The van der Waals surface area contributed by atoms with E-state index in [1.807, 2.05) is 42.1 Å². The van der Waals surface area contributed by atoms with Gasteiger partial charge in [0.1, 0.15) is 11.5 Å². The third-order valence-corrected chi connectivity index (χ3v) is 3.53. The van der Waals surface area contributed by atoms with Crippen molar-refractivity contribution in [3.8, 4) is 11.5 Å². The quantitative estimate of drug-likeness (QED) is 0.627. The Hall–Kier alpha value is -1.64. The lowest BCUT2D eigenvalue weighted by Gasteiger charge is -2.09. The number of rotatable bonds is 2. The monoisotopic (exact) mass is 291 g/mol. The maximum atomic E-state index is 6.12. The van der Waals surface area contributed by atoms with Gasteiger partial charge in [-0.1, -0.05) is 29.3 Å². The number of benzene rings is 2. The molecule has 0 bridgehead atoms. The van der Waals surface area contributed by atoms with Gasteiger partial charge in [0, 0.05) is 23.7 Å². The number of aryl methyl sites for hydroxylation is 1.